The molecule has 2 atom stereocenters. The number of halogens is 1. The molecule has 0 radical (unpaired) electrons. The molecular weight excluding hydrogens is 207 g/mol. The molecule has 1 saturated heterocycles. The van der Waals surface area contributed by atoms with Crippen molar-refractivity contribution in [1.29, 1.82) is 0 Å². The van der Waals surface area contributed by atoms with E-state index in [0.29, 0.717) is 12.5 Å². The zero-order valence-electron chi connectivity index (χ0n) is 9.43. The van der Waals surface area contributed by atoms with E-state index in [4.69, 9.17) is 0 Å². The smallest absolute Gasteiger partial charge is 0.141 e. The van der Waals surface area contributed by atoms with Crippen molar-refractivity contribution < 1.29 is 9.50 Å². The lowest BCUT2D eigenvalue weighted by atomic mass is 10.0. The van der Waals surface area contributed by atoms with Crippen molar-refractivity contribution in [1.82, 2.24) is 9.88 Å². The minimum absolute atomic E-state index is 0.183. The minimum Gasteiger partial charge on any atom is -0.395 e. The van der Waals surface area contributed by atoms with Crippen molar-refractivity contribution in [3.05, 3.63) is 29.8 Å². The standard InChI is InChI=1S/C12H17FN2O/c1-9-4-5-15(12(9)8-16)7-11-3-2-10(13)6-14-11/h2-3,6,9,12,16H,4-5,7-8H2,1H3/t9-,12+/m0/s1. The topological polar surface area (TPSA) is 36.4 Å². The molecule has 1 aliphatic heterocycles. The first kappa shape index (κ1) is 11.5. The summed E-state index contributed by atoms with van der Waals surface area (Å²) in [6.07, 6.45) is 2.34. The summed E-state index contributed by atoms with van der Waals surface area (Å²) < 4.78 is 12.7. The van der Waals surface area contributed by atoms with Crippen LogP contribution in [0.15, 0.2) is 18.3 Å². The molecule has 0 saturated carbocycles. The number of hydrogen-bond donors (Lipinski definition) is 1. The highest BCUT2D eigenvalue weighted by atomic mass is 19.1. The molecule has 3 nitrogen and oxygen atoms in total. The Bertz CT molecular complexity index is 341. The third-order valence-corrected chi connectivity index (χ3v) is 3.34. The van der Waals surface area contributed by atoms with Gasteiger partial charge in [-0.2, -0.15) is 0 Å². The van der Waals surface area contributed by atoms with Gasteiger partial charge in [-0.1, -0.05) is 6.92 Å². The second-order valence-electron chi connectivity index (χ2n) is 4.45. The van der Waals surface area contributed by atoms with Gasteiger partial charge in [0, 0.05) is 12.6 Å². The number of aromatic nitrogens is 1. The second-order valence-corrected chi connectivity index (χ2v) is 4.45. The van der Waals surface area contributed by atoms with Gasteiger partial charge >= 0.3 is 0 Å². The van der Waals surface area contributed by atoms with Gasteiger partial charge in [0.25, 0.3) is 0 Å². The van der Waals surface area contributed by atoms with Gasteiger partial charge in [-0.05, 0) is 31.0 Å². The summed E-state index contributed by atoms with van der Waals surface area (Å²) in [6, 6.07) is 3.34. The number of aliphatic hydroxyl groups excluding tert-OH is 1. The van der Waals surface area contributed by atoms with Gasteiger partial charge in [0.05, 0.1) is 18.5 Å². The summed E-state index contributed by atoms with van der Waals surface area (Å²) >= 11 is 0. The van der Waals surface area contributed by atoms with Gasteiger partial charge in [0.1, 0.15) is 5.82 Å². The van der Waals surface area contributed by atoms with Crippen LogP contribution in [0, 0.1) is 11.7 Å². The van der Waals surface area contributed by atoms with E-state index in [-0.39, 0.29) is 18.5 Å². The van der Waals surface area contributed by atoms with Crippen LogP contribution in [0.5, 0.6) is 0 Å². The number of pyridine rings is 1. The Kier molecular flexibility index (Phi) is 3.51. The molecule has 0 aliphatic carbocycles. The molecule has 1 fully saturated rings. The fraction of sp³-hybridized carbons (Fsp3) is 0.583. The molecule has 16 heavy (non-hydrogen) atoms. The summed E-state index contributed by atoms with van der Waals surface area (Å²) in [6.45, 7) is 4.00. The van der Waals surface area contributed by atoms with Gasteiger partial charge in [-0.3, -0.25) is 9.88 Å². The van der Waals surface area contributed by atoms with E-state index in [9.17, 15) is 9.50 Å². The van der Waals surface area contributed by atoms with E-state index in [1.165, 1.54) is 12.3 Å². The van der Waals surface area contributed by atoms with E-state index >= 15 is 0 Å². The number of likely N-dealkylation sites (tertiary alicyclic amines) is 1. The lowest BCUT2D eigenvalue weighted by Gasteiger charge is -2.24. The van der Waals surface area contributed by atoms with Crippen molar-refractivity contribution in [2.45, 2.75) is 25.9 Å². The third kappa shape index (κ3) is 2.39. The van der Waals surface area contributed by atoms with Crippen LogP contribution in [0.3, 0.4) is 0 Å². The molecule has 88 valence electrons. The van der Waals surface area contributed by atoms with E-state index in [0.717, 1.165) is 18.7 Å². The zero-order valence-corrected chi connectivity index (χ0v) is 9.43. The molecule has 1 aliphatic rings. The molecule has 1 aromatic heterocycles. The molecule has 2 heterocycles. The van der Waals surface area contributed by atoms with Gasteiger partial charge in [0.15, 0.2) is 0 Å². The highest BCUT2D eigenvalue weighted by Gasteiger charge is 2.30. The van der Waals surface area contributed by atoms with Gasteiger partial charge in [-0.15, -0.1) is 0 Å². The Morgan fingerprint density at radius 3 is 3.00 bits per heavy atom. The van der Waals surface area contributed by atoms with Crippen LogP contribution in [0.4, 0.5) is 4.39 Å². The van der Waals surface area contributed by atoms with E-state index in [1.807, 2.05) is 0 Å². The molecule has 4 heteroatoms. The normalized spacial score (nSPS) is 26.2. The number of hydrogen-bond acceptors (Lipinski definition) is 3. The molecule has 0 amide bonds. The molecule has 0 unspecified atom stereocenters. The lowest BCUT2D eigenvalue weighted by Crippen LogP contribution is -2.34. The van der Waals surface area contributed by atoms with Crippen LogP contribution in [0.1, 0.15) is 19.0 Å². The Morgan fingerprint density at radius 2 is 2.38 bits per heavy atom. The Hall–Kier alpha value is -1.00. The molecule has 0 bridgehead atoms. The number of rotatable bonds is 3. The summed E-state index contributed by atoms with van der Waals surface area (Å²) in [5, 5.41) is 9.31. The molecule has 2 rings (SSSR count). The Labute approximate surface area is 94.9 Å². The van der Waals surface area contributed by atoms with Crippen molar-refractivity contribution in [3.8, 4) is 0 Å². The molecule has 0 aromatic carbocycles. The monoisotopic (exact) mass is 224 g/mol. The highest BCUT2D eigenvalue weighted by Crippen LogP contribution is 2.24. The number of aliphatic hydroxyl groups is 1. The highest BCUT2D eigenvalue weighted by molar-refractivity contribution is 5.06. The first-order valence-electron chi connectivity index (χ1n) is 5.66. The van der Waals surface area contributed by atoms with Gasteiger partial charge in [-0.25, -0.2) is 4.39 Å². The van der Waals surface area contributed by atoms with Crippen LogP contribution in [0.25, 0.3) is 0 Å². The van der Waals surface area contributed by atoms with Crippen molar-refractivity contribution >= 4 is 0 Å². The maximum absolute atomic E-state index is 12.7. The fourth-order valence-electron chi connectivity index (χ4n) is 2.29. The SMILES string of the molecule is C[C@H]1CCN(Cc2ccc(F)cn2)[C@@H]1CO. The zero-order chi connectivity index (χ0) is 11.5. The van der Waals surface area contributed by atoms with Crippen molar-refractivity contribution in [2.75, 3.05) is 13.2 Å². The first-order valence-corrected chi connectivity index (χ1v) is 5.66. The first-order chi connectivity index (χ1) is 7.70. The molecule has 0 spiro atoms. The van der Waals surface area contributed by atoms with E-state index < -0.39 is 0 Å². The Balaban J connectivity index is 2.01. The average Bonchev–Trinajstić information content (AvgIpc) is 2.63. The van der Waals surface area contributed by atoms with Crippen LogP contribution in [-0.2, 0) is 6.54 Å². The Morgan fingerprint density at radius 1 is 1.56 bits per heavy atom. The number of nitrogens with zero attached hydrogens (tertiary/aromatic N) is 2. The van der Waals surface area contributed by atoms with E-state index in [1.54, 1.807) is 6.07 Å². The summed E-state index contributed by atoms with van der Waals surface area (Å²) in [5.41, 5.74) is 0.856. The van der Waals surface area contributed by atoms with Crippen LogP contribution in [-0.4, -0.2) is 34.2 Å². The van der Waals surface area contributed by atoms with Crippen LogP contribution >= 0.6 is 0 Å². The quantitative estimate of drug-likeness (QED) is 0.843. The molecule has 1 N–H and O–H groups in total. The predicted octanol–water partition coefficient (Wildman–Crippen LogP) is 1.42. The summed E-state index contributed by atoms with van der Waals surface area (Å²) in [7, 11) is 0. The van der Waals surface area contributed by atoms with Crippen molar-refractivity contribution in [3.63, 3.8) is 0 Å². The largest absolute Gasteiger partial charge is 0.395 e. The van der Waals surface area contributed by atoms with Crippen molar-refractivity contribution in [2.24, 2.45) is 5.92 Å². The summed E-state index contributed by atoms with van der Waals surface area (Å²) in [5.74, 6) is 0.211. The average molecular weight is 224 g/mol. The van der Waals surface area contributed by atoms with Gasteiger partial charge in [0.2, 0.25) is 0 Å². The third-order valence-electron chi connectivity index (χ3n) is 3.34. The van der Waals surface area contributed by atoms with E-state index in [2.05, 4.69) is 16.8 Å². The lowest BCUT2D eigenvalue weighted by molar-refractivity contribution is 0.133. The van der Waals surface area contributed by atoms with Crippen LogP contribution in [0.2, 0.25) is 0 Å². The molecule has 1 aromatic rings. The van der Waals surface area contributed by atoms with Gasteiger partial charge < -0.3 is 5.11 Å². The van der Waals surface area contributed by atoms with Crippen LogP contribution < -0.4 is 0 Å². The molecular formula is C12H17FN2O. The maximum atomic E-state index is 12.7. The minimum atomic E-state index is -0.308. The predicted molar refractivity (Wildman–Crippen MR) is 59.3 cm³/mol. The summed E-state index contributed by atoms with van der Waals surface area (Å²) in [4.78, 5) is 6.25. The maximum Gasteiger partial charge on any atom is 0.141 e. The fourth-order valence-corrected chi connectivity index (χ4v) is 2.29. The second kappa shape index (κ2) is 4.89.